The van der Waals surface area contributed by atoms with Crippen LogP contribution in [0, 0.1) is 0 Å². The summed E-state index contributed by atoms with van der Waals surface area (Å²) in [6, 6.07) is 15.6. The van der Waals surface area contributed by atoms with E-state index >= 15 is 0 Å². The quantitative estimate of drug-likeness (QED) is 0.728. The third-order valence-electron chi connectivity index (χ3n) is 3.99. The lowest BCUT2D eigenvalue weighted by molar-refractivity contribution is -0.134. The zero-order chi connectivity index (χ0) is 19.9. The molecule has 3 rings (SSSR count). The molecule has 1 aliphatic rings. The van der Waals surface area contributed by atoms with E-state index in [4.69, 9.17) is 15.2 Å². The van der Waals surface area contributed by atoms with Crippen molar-refractivity contribution >= 4 is 23.5 Å². The Morgan fingerprint density at radius 3 is 2.39 bits per heavy atom. The Balaban J connectivity index is 1.51. The second-order valence-corrected chi connectivity index (χ2v) is 6.04. The van der Waals surface area contributed by atoms with Crippen molar-refractivity contribution in [1.29, 1.82) is 0 Å². The summed E-state index contributed by atoms with van der Waals surface area (Å²) in [7, 11) is 0. The van der Waals surface area contributed by atoms with Gasteiger partial charge in [0.2, 0.25) is 0 Å². The Labute approximate surface area is 161 Å². The molecule has 0 saturated carbocycles. The monoisotopic (exact) mass is 381 g/mol. The summed E-state index contributed by atoms with van der Waals surface area (Å²) in [4.78, 5) is 35.0. The lowest BCUT2D eigenvalue weighted by Gasteiger charge is -2.11. The largest absolute Gasteiger partial charge is 0.484 e. The van der Waals surface area contributed by atoms with Gasteiger partial charge >= 0.3 is 5.97 Å². The molecule has 0 spiro atoms. The molecule has 0 saturated heterocycles. The molecule has 2 amide bonds. The van der Waals surface area contributed by atoms with Crippen molar-refractivity contribution in [3.05, 3.63) is 65.7 Å². The predicted molar refractivity (Wildman–Crippen MR) is 101 cm³/mol. The molecule has 0 aromatic heterocycles. The first-order chi connectivity index (χ1) is 13.5. The standard InChI is InChI=1S/C20H19N3O5/c21-18(24)12-27-16-8-6-15(7-9-16)20(26)28-13-19(25)23-11-10-17(22-23)14-4-2-1-3-5-14/h1-9H,10-13H2,(H2,21,24). The van der Waals surface area contributed by atoms with Crippen molar-refractivity contribution in [3.63, 3.8) is 0 Å². The Hall–Kier alpha value is -3.68. The van der Waals surface area contributed by atoms with Gasteiger partial charge in [-0.25, -0.2) is 9.80 Å². The Morgan fingerprint density at radius 1 is 1.00 bits per heavy atom. The summed E-state index contributed by atoms with van der Waals surface area (Å²) in [5, 5.41) is 5.63. The highest BCUT2D eigenvalue weighted by atomic mass is 16.5. The van der Waals surface area contributed by atoms with Gasteiger partial charge in [0.15, 0.2) is 13.2 Å². The number of hydrogen-bond acceptors (Lipinski definition) is 6. The number of carbonyl (C=O) groups is 3. The zero-order valence-corrected chi connectivity index (χ0v) is 15.0. The van der Waals surface area contributed by atoms with Crippen LogP contribution in [0.2, 0.25) is 0 Å². The molecule has 0 bridgehead atoms. The van der Waals surface area contributed by atoms with Crippen LogP contribution in [0.15, 0.2) is 59.7 Å². The molecule has 28 heavy (non-hydrogen) atoms. The molecule has 0 fully saturated rings. The number of hydrogen-bond donors (Lipinski definition) is 1. The number of nitrogens with zero attached hydrogens (tertiary/aromatic N) is 2. The molecular formula is C20H19N3O5. The average molecular weight is 381 g/mol. The number of esters is 1. The highest BCUT2D eigenvalue weighted by Crippen LogP contribution is 2.15. The second-order valence-electron chi connectivity index (χ2n) is 6.04. The number of carbonyl (C=O) groups excluding carboxylic acids is 3. The number of hydrazone groups is 1. The molecular weight excluding hydrogens is 362 g/mol. The topological polar surface area (TPSA) is 111 Å². The fourth-order valence-electron chi connectivity index (χ4n) is 2.60. The Morgan fingerprint density at radius 2 is 1.71 bits per heavy atom. The van der Waals surface area contributed by atoms with Gasteiger partial charge in [-0.05, 0) is 29.8 Å². The summed E-state index contributed by atoms with van der Waals surface area (Å²) in [6.07, 6.45) is 0.649. The number of amides is 2. The van der Waals surface area contributed by atoms with E-state index in [0.29, 0.717) is 18.7 Å². The fourth-order valence-corrected chi connectivity index (χ4v) is 2.60. The highest BCUT2D eigenvalue weighted by Gasteiger charge is 2.22. The van der Waals surface area contributed by atoms with Gasteiger partial charge in [0.05, 0.1) is 17.8 Å². The molecule has 2 aromatic rings. The maximum Gasteiger partial charge on any atom is 0.338 e. The minimum Gasteiger partial charge on any atom is -0.484 e. The van der Waals surface area contributed by atoms with Crippen LogP contribution in [0.25, 0.3) is 0 Å². The van der Waals surface area contributed by atoms with E-state index in [2.05, 4.69) is 5.10 Å². The first kappa shape index (κ1) is 19.1. The normalized spacial score (nSPS) is 13.0. The summed E-state index contributed by atoms with van der Waals surface area (Å²) < 4.78 is 10.2. The van der Waals surface area contributed by atoms with E-state index in [1.807, 2.05) is 30.3 Å². The number of primary amides is 1. The van der Waals surface area contributed by atoms with Gasteiger partial charge in [0.1, 0.15) is 5.75 Å². The molecule has 8 heteroatoms. The summed E-state index contributed by atoms with van der Waals surface area (Å²) in [5.74, 6) is -1.23. The van der Waals surface area contributed by atoms with Crippen molar-refractivity contribution in [2.45, 2.75) is 6.42 Å². The van der Waals surface area contributed by atoms with Crippen LogP contribution in [0.3, 0.4) is 0 Å². The van der Waals surface area contributed by atoms with Gasteiger partial charge in [-0.15, -0.1) is 0 Å². The highest BCUT2D eigenvalue weighted by molar-refractivity contribution is 6.02. The van der Waals surface area contributed by atoms with E-state index in [1.54, 1.807) is 0 Å². The van der Waals surface area contributed by atoms with Crippen LogP contribution in [-0.4, -0.2) is 48.3 Å². The second kappa shape index (κ2) is 8.81. The van der Waals surface area contributed by atoms with Crippen molar-refractivity contribution in [2.24, 2.45) is 10.8 Å². The third-order valence-corrected chi connectivity index (χ3v) is 3.99. The van der Waals surface area contributed by atoms with Crippen molar-refractivity contribution < 1.29 is 23.9 Å². The smallest absolute Gasteiger partial charge is 0.338 e. The van der Waals surface area contributed by atoms with E-state index in [1.165, 1.54) is 29.3 Å². The van der Waals surface area contributed by atoms with Gasteiger partial charge in [-0.1, -0.05) is 30.3 Å². The number of benzene rings is 2. The molecule has 0 radical (unpaired) electrons. The average Bonchev–Trinajstić information content (AvgIpc) is 3.21. The molecule has 0 unspecified atom stereocenters. The summed E-state index contributed by atoms with van der Waals surface area (Å²) in [6.45, 7) is -0.198. The predicted octanol–water partition coefficient (Wildman–Crippen LogP) is 1.34. The Bertz CT molecular complexity index is 894. The first-order valence-electron chi connectivity index (χ1n) is 8.64. The number of rotatable bonds is 7. The van der Waals surface area contributed by atoms with E-state index < -0.39 is 18.5 Å². The van der Waals surface area contributed by atoms with E-state index in [9.17, 15) is 14.4 Å². The number of nitrogens with two attached hydrogens (primary N) is 1. The van der Waals surface area contributed by atoms with Crippen molar-refractivity contribution in [1.82, 2.24) is 5.01 Å². The van der Waals surface area contributed by atoms with Gasteiger partial charge in [0, 0.05) is 6.42 Å². The van der Waals surface area contributed by atoms with Gasteiger partial charge < -0.3 is 15.2 Å². The van der Waals surface area contributed by atoms with Crippen LogP contribution in [-0.2, 0) is 14.3 Å². The molecule has 0 atom stereocenters. The van der Waals surface area contributed by atoms with Gasteiger partial charge in [0.25, 0.3) is 11.8 Å². The van der Waals surface area contributed by atoms with Crippen LogP contribution >= 0.6 is 0 Å². The third kappa shape index (κ3) is 4.94. The Kier molecular flexibility index (Phi) is 6.01. The summed E-state index contributed by atoms with van der Waals surface area (Å²) in [5.41, 5.74) is 7.05. The fraction of sp³-hybridized carbons (Fsp3) is 0.200. The molecule has 2 aromatic carbocycles. The van der Waals surface area contributed by atoms with Crippen LogP contribution in [0.4, 0.5) is 0 Å². The van der Waals surface area contributed by atoms with E-state index in [0.717, 1.165) is 11.3 Å². The van der Waals surface area contributed by atoms with Crippen molar-refractivity contribution in [2.75, 3.05) is 19.8 Å². The minimum atomic E-state index is -0.638. The zero-order valence-electron chi connectivity index (χ0n) is 15.0. The molecule has 8 nitrogen and oxygen atoms in total. The summed E-state index contributed by atoms with van der Waals surface area (Å²) >= 11 is 0. The van der Waals surface area contributed by atoms with Crippen LogP contribution in [0.1, 0.15) is 22.3 Å². The number of ether oxygens (including phenoxy) is 2. The molecule has 1 aliphatic heterocycles. The maximum absolute atomic E-state index is 12.2. The van der Waals surface area contributed by atoms with Crippen LogP contribution in [0.5, 0.6) is 5.75 Å². The molecule has 1 heterocycles. The van der Waals surface area contributed by atoms with Crippen LogP contribution < -0.4 is 10.5 Å². The minimum absolute atomic E-state index is 0.250. The molecule has 2 N–H and O–H groups in total. The lowest BCUT2D eigenvalue weighted by atomic mass is 10.1. The maximum atomic E-state index is 12.2. The SMILES string of the molecule is NC(=O)COc1ccc(C(=O)OCC(=O)N2CCC(c3ccccc3)=N2)cc1. The molecule has 0 aliphatic carbocycles. The van der Waals surface area contributed by atoms with Gasteiger partial charge in [-0.2, -0.15) is 5.10 Å². The first-order valence-corrected chi connectivity index (χ1v) is 8.64. The lowest BCUT2D eigenvalue weighted by Crippen LogP contribution is -2.28. The van der Waals surface area contributed by atoms with E-state index in [-0.39, 0.29) is 18.1 Å². The van der Waals surface area contributed by atoms with Crippen molar-refractivity contribution in [3.8, 4) is 5.75 Å². The molecule has 144 valence electrons. The van der Waals surface area contributed by atoms with Gasteiger partial charge in [-0.3, -0.25) is 9.59 Å².